The summed E-state index contributed by atoms with van der Waals surface area (Å²) in [5, 5.41) is 10.6. The fourth-order valence-corrected chi connectivity index (χ4v) is 4.28. The van der Waals surface area contributed by atoms with Crippen LogP contribution in [0.1, 0.15) is 23.1 Å². The molecule has 0 radical (unpaired) electrons. The second-order valence-corrected chi connectivity index (χ2v) is 9.08. The van der Waals surface area contributed by atoms with E-state index in [0.29, 0.717) is 19.5 Å². The van der Waals surface area contributed by atoms with Gasteiger partial charge in [0.1, 0.15) is 6.04 Å². The maximum atomic E-state index is 12.6. The molecule has 1 amide bonds. The van der Waals surface area contributed by atoms with Crippen molar-refractivity contribution in [3.63, 3.8) is 0 Å². The highest BCUT2D eigenvalue weighted by Crippen LogP contribution is 2.19. The molecular weight excluding hydrogens is 477 g/mol. The number of likely N-dealkylation sites (tertiary alicyclic amines) is 1. The number of halogens is 3. The molecule has 9 nitrogen and oxygen atoms in total. The van der Waals surface area contributed by atoms with Crippen molar-refractivity contribution in [3.05, 3.63) is 65.2 Å². The predicted octanol–water partition coefficient (Wildman–Crippen LogP) is 2.00. The number of hydrogen-bond acceptors (Lipinski definition) is 6. The number of amides is 1. The van der Waals surface area contributed by atoms with Crippen LogP contribution in [-0.4, -0.2) is 55.3 Å². The second kappa shape index (κ2) is 11.1. The number of carboxylic acids is 1. The van der Waals surface area contributed by atoms with Gasteiger partial charge >= 0.3 is 12.1 Å². The van der Waals surface area contributed by atoms with E-state index in [4.69, 9.17) is 15.7 Å². The van der Waals surface area contributed by atoms with Gasteiger partial charge in [-0.1, -0.05) is 35.9 Å². The summed E-state index contributed by atoms with van der Waals surface area (Å²) in [6.07, 6.45) is -3.11. The van der Waals surface area contributed by atoms with Crippen LogP contribution in [0, 0.1) is 6.92 Å². The summed E-state index contributed by atoms with van der Waals surface area (Å²) in [4.78, 5) is 23.3. The number of carbonyl (C=O) groups is 2. The Bertz CT molecular complexity index is 1150. The molecule has 184 valence electrons. The zero-order valence-corrected chi connectivity index (χ0v) is 18.8. The molecule has 0 aliphatic carbocycles. The number of nitrogens with two attached hydrogens (primary N) is 1. The molecule has 1 aliphatic heterocycles. The summed E-state index contributed by atoms with van der Waals surface area (Å²) in [6, 6.07) is 13.3. The molecule has 3 rings (SSSR count). The molecule has 2 aromatic carbocycles. The Labute approximate surface area is 194 Å². The van der Waals surface area contributed by atoms with E-state index in [2.05, 4.69) is 9.82 Å². The van der Waals surface area contributed by atoms with Gasteiger partial charge in [-0.25, -0.2) is 13.2 Å². The smallest absolute Gasteiger partial charge is 0.475 e. The lowest BCUT2D eigenvalue weighted by molar-refractivity contribution is -0.192. The normalized spacial score (nSPS) is 16.4. The number of alkyl halides is 3. The van der Waals surface area contributed by atoms with Gasteiger partial charge in [-0.15, -0.1) is 0 Å². The number of sulfonamides is 1. The Morgan fingerprint density at radius 3 is 2.44 bits per heavy atom. The SMILES string of the molecule is Cc1ccc(S(=O)(=O)N[C@H]2CCN(Cc3cccc(C=NN)c3)C2=O)cc1.O=C(O)C(F)(F)F. The molecule has 1 atom stereocenters. The first kappa shape index (κ1) is 26.8. The third kappa shape index (κ3) is 7.56. The first-order valence-electron chi connectivity index (χ1n) is 9.83. The molecule has 1 fully saturated rings. The van der Waals surface area contributed by atoms with E-state index in [9.17, 15) is 26.4 Å². The third-order valence-corrected chi connectivity index (χ3v) is 6.20. The maximum Gasteiger partial charge on any atom is 0.490 e. The standard InChI is InChI=1S/C19H22N4O3S.C2HF3O2/c1-14-5-7-17(8-6-14)27(25,26)22-18-9-10-23(19(18)24)13-16-4-2-3-15(11-16)12-21-20;3-2(4,5)1(6)7/h2-8,11-12,18,22H,9-10,13,20H2,1H3;(H,6,7)/t18-;/m0./s1. The van der Waals surface area contributed by atoms with Crippen molar-refractivity contribution in [2.24, 2.45) is 10.9 Å². The molecule has 0 spiro atoms. The number of hydrazone groups is 1. The van der Waals surface area contributed by atoms with E-state index in [1.165, 1.54) is 6.21 Å². The highest BCUT2D eigenvalue weighted by Gasteiger charge is 2.38. The van der Waals surface area contributed by atoms with Crippen LogP contribution in [0.15, 0.2) is 58.5 Å². The Morgan fingerprint density at radius 2 is 1.88 bits per heavy atom. The molecule has 4 N–H and O–H groups in total. The van der Waals surface area contributed by atoms with Gasteiger partial charge in [0.05, 0.1) is 11.1 Å². The molecule has 0 aromatic heterocycles. The van der Waals surface area contributed by atoms with Crippen LogP contribution in [0.4, 0.5) is 13.2 Å². The minimum absolute atomic E-state index is 0.160. The van der Waals surface area contributed by atoms with Crippen molar-refractivity contribution in [2.45, 2.75) is 37.0 Å². The highest BCUT2D eigenvalue weighted by molar-refractivity contribution is 7.89. The second-order valence-electron chi connectivity index (χ2n) is 7.36. The fourth-order valence-electron chi connectivity index (χ4n) is 3.06. The van der Waals surface area contributed by atoms with E-state index >= 15 is 0 Å². The molecule has 13 heteroatoms. The van der Waals surface area contributed by atoms with Gasteiger partial charge in [0.2, 0.25) is 15.9 Å². The average molecular weight is 500 g/mol. The number of benzene rings is 2. The van der Waals surface area contributed by atoms with Crippen molar-refractivity contribution >= 4 is 28.1 Å². The summed E-state index contributed by atoms with van der Waals surface area (Å²) in [7, 11) is -3.73. The lowest BCUT2D eigenvalue weighted by Crippen LogP contribution is -2.41. The Hall–Kier alpha value is -3.45. The summed E-state index contributed by atoms with van der Waals surface area (Å²) in [5.41, 5.74) is 2.75. The van der Waals surface area contributed by atoms with Gasteiger partial charge in [0.25, 0.3) is 0 Å². The maximum absolute atomic E-state index is 12.6. The molecule has 1 aliphatic rings. The minimum Gasteiger partial charge on any atom is -0.475 e. The van der Waals surface area contributed by atoms with E-state index in [1.807, 2.05) is 31.2 Å². The fraction of sp³-hybridized carbons (Fsp3) is 0.286. The number of nitrogens with one attached hydrogen (secondary N) is 1. The minimum atomic E-state index is -5.08. The number of carboxylic acid groups (broad SMARTS) is 1. The quantitative estimate of drug-likeness (QED) is 0.315. The first-order valence-corrected chi connectivity index (χ1v) is 11.3. The van der Waals surface area contributed by atoms with Gasteiger partial charge in [0.15, 0.2) is 0 Å². The van der Waals surface area contributed by atoms with Crippen LogP contribution < -0.4 is 10.6 Å². The van der Waals surface area contributed by atoms with Crippen molar-refractivity contribution < 1.29 is 36.3 Å². The molecule has 34 heavy (non-hydrogen) atoms. The summed E-state index contributed by atoms with van der Waals surface area (Å²) in [5.74, 6) is 2.19. The molecule has 0 unspecified atom stereocenters. The third-order valence-electron chi connectivity index (χ3n) is 4.72. The van der Waals surface area contributed by atoms with Crippen LogP contribution in [0.3, 0.4) is 0 Å². The number of aliphatic carboxylic acids is 1. The first-order chi connectivity index (χ1) is 15.8. The number of aryl methyl sites for hydroxylation is 1. The van der Waals surface area contributed by atoms with Crippen LogP contribution in [0.2, 0.25) is 0 Å². The molecular formula is C21H23F3N4O5S. The van der Waals surface area contributed by atoms with Gasteiger partial charge in [-0.2, -0.15) is 23.0 Å². The average Bonchev–Trinajstić information content (AvgIpc) is 3.07. The van der Waals surface area contributed by atoms with Gasteiger partial charge in [-0.3, -0.25) is 4.79 Å². The highest BCUT2D eigenvalue weighted by atomic mass is 32.2. The van der Waals surface area contributed by atoms with E-state index < -0.39 is 28.2 Å². The van der Waals surface area contributed by atoms with E-state index in [-0.39, 0.29) is 10.8 Å². The van der Waals surface area contributed by atoms with E-state index in [1.54, 1.807) is 29.2 Å². The lowest BCUT2D eigenvalue weighted by Gasteiger charge is -2.17. The number of nitrogens with zero attached hydrogens (tertiary/aromatic N) is 2. The largest absolute Gasteiger partial charge is 0.490 e. The summed E-state index contributed by atoms with van der Waals surface area (Å²) < 4.78 is 59.3. The zero-order valence-electron chi connectivity index (χ0n) is 18.0. The Balaban J connectivity index is 0.000000509. The summed E-state index contributed by atoms with van der Waals surface area (Å²) in [6.45, 7) is 2.79. The number of carbonyl (C=O) groups excluding carboxylic acids is 1. The van der Waals surface area contributed by atoms with Crippen molar-refractivity contribution in [1.29, 1.82) is 0 Å². The predicted molar refractivity (Wildman–Crippen MR) is 117 cm³/mol. The van der Waals surface area contributed by atoms with E-state index in [0.717, 1.165) is 16.7 Å². The van der Waals surface area contributed by atoms with Crippen molar-refractivity contribution in [2.75, 3.05) is 6.54 Å². The number of rotatable bonds is 6. The molecule has 1 heterocycles. The monoisotopic (exact) mass is 500 g/mol. The Kier molecular flexibility index (Phi) is 8.76. The molecule has 1 saturated heterocycles. The topological polar surface area (TPSA) is 142 Å². The van der Waals surface area contributed by atoms with Crippen molar-refractivity contribution in [1.82, 2.24) is 9.62 Å². The Morgan fingerprint density at radius 1 is 1.26 bits per heavy atom. The van der Waals surface area contributed by atoms with Crippen molar-refractivity contribution in [3.8, 4) is 0 Å². The van der Waals surface area contributed by atoms with Gasteiger partial charge < -0.3 is 15.8 Å². The van der Waals surface area contributed by atoms with Gasteiger partial charge in [-0.05, 0) is 42.7 Å². The van der Waals surface area contributed by atoms with Crippen LogP contribution in [-0.2, 0) is 26.2 Å². The molecule has 2 aromatic rings. The zero-order chi connectivity index (χ0) is 25.5. The molecule has 0 saturated carbocycles. The lowest BCUT2D eigenvalue weighted by atomic mass is 10.1. The van der Waals surface area contributed by atoms with Gasteiger partial charge in [0, 0.05) is 13.1 Å². The van der Waals surface area contributed by atoms with Crippen LogP contribution in [0.25, 0.3) is 0 Å². The van der Waals surface area contributed by atoms with Crippen LogP contribution in [0.5, 0.6) is 0 Å². The number of hydrogen-bond donors (Lipinski definition) is 3. The molecule has 0 bridgehead atoms. The summed E-state index contributed by atoms with van der Waals surface area (Å²) >= 11 is 0. The van der Waals surface area contributed by atoms with Crippen LogP contribution >= 0.6 is 0 Å².